The van der Waals surface area contributed by atoms with Gasteiger partial charge < -0.3 is 5.32 Å². The fourth-order valence-corrected chi connectivity index (χ4v) is 2.85. The van der Waals surface area contributed by atoms with Gasteiger partial charge in [0, 0.05) is 6.04 Å². The van der Waals surface area contributed by atoms with Gasteiger partial charge in [-0.05, 0) is 57.2 Å². The fraction of sp³-hybridized carbons (Fsp3) is 0.500. The van der Waals surface area contributed by atoms with Gasteiger partial charge in [-0.15, -0.1) is 0 Å². The number of hydrogen-bond donors (Lipinski definition) is 1. The van der Waals surface area contributed by atoms with Crippen LogP contribution in [0.5, 0.6) is 0 Å². The van der Waals surface area contributed by atoms with E-state index >= 15 is 0 Å². The van der Waals surface area contributed by atoms with Crippen LogP contribution in [0.3, 0.4) is 0 Å². The molecule has 1 aliphatic carbocycles. The van der Waals surface area contributed by atoms with Crippen molar-refractivity contribution in [2.24, 2.45) is 5.92 Å². The molecule has 1 aromatic rings. The molecule has 0 heterocycles. The summed E-state index contributed by atoms with van der Waals surface area (Å²) >= 11 is 0. The highest BCUT2D eigenvalue weighted by atomic mass is 14.9. The van der Waals surface area contributed by atoms with Gasteiger partial charge >= 0.3 is 0 Å². The van der Waals surface area contributed by atoms with Crippen LogP contribution in [0.25, 0.3) is 0 Å². The molecule has 0 fully saturated rings. The van der Waals surface area contributed by atoms with Gasteiger partial charge in [-0.1, -0.05) is 35.9 Å². The predicted molar refractivity (Wildman–Crippen MR) is 74.2 cm³/mol. The summed E-state index contributed by atoms with van der Waals surface area (Å²) in [7, 11) is 2.07. The number of rotatable bonds is 3. The minimum atomic E-state index is 0.522. The number of hydrogen-bond acceptors (Lipinski definition) is 1. The Balaban J connectivity index is 2.13. The molecule has 0 saturated carbocycles. The van der Waals surface area contributed by atoms with Crippen molar-refractivity contribution in [2.75, 3.05) is 7.05 Å². The molecule has 17 heavy (non-hydrogen) atoms. The maximum absolute atomic E-state index is 3.46. The van der Waals surface area contributed by atoms with Crippen LogP contribution in [0.15, 0.2) is 35.9 Å². The Morgan fingerprint density at radius 3 is 2.65 bits per heavy atom. The van der Waals surface area contributed by atoms with Crippen LogP contribution in [0.2, 0.25) is 0 Å². The summed E-state index contributed by atoms with van der Waals surface area (Å²) in [6, 6.07) is 9.41. The second kappa shape index (κ2) is 5.50. The Kier molecular flexibility index (Phi) is 4.01. The molecule has 1 aromatic carbocycles. The van der Waals surface area contributed by atoms with Gasteiger partial charge in [0.1, 0.15) is 0 Å². The van der Waals surface area contributed by atoms with Gasteiger partial charge in [0.05, 0.1) is 0 Å². The SMILES string of the molecule is CNC(C=C(C)C)C1CCc2ccccc2C1. The normalized spacial score (nSPS) is 20.5. The summed E-state index contributed by atoms with van der Waals surface area (Å²) in [6.07, 6.45) is 6.12. The lowest BCUT2D eigenvalue weighted by atomic mass is 9.79. The maximum Gasteiger partial charge on any atom is 0.0281 e. The van der Waals surface area contributed by atoms with Crippen molar-refractivity contribution in [3.05, 3.63) is 47.0 Å². The summed E-state index contributed by atoms with van der Waals surface area (Å²) in [5.41, 5.74) is 4.50. The number of allylic oxidation sites excluding steroid dienone is 1. The highest BCUT2D eigenvalue weighted by Gasteiger charge is 2.23. The molecule has 0 aliphatic heterocycles. The molecule has 1 aliphatic rings. The van der Waals surface area contributed by atoms with E-state index in [2.05, 4.69) is 56.6 Å². The molecule has 2 atom stereocenters. The van der Waals surface area contributed by atoms with Gasteiger partial charge in [-0.3, -0.25) is 0 Å². The van der Waals surface area contributed by atoms with E-state index in [0.717, 1.165) is 5.92 Å². The van der Waals surface area contributed by atoms with E-state index in [0.29, 0.717) is 6.04 Å². The standard InChI is InChI=1S/C16H23N/c1-12(2)10-16(17-3)15-9-8-13-6-4-5-7-14(13)11-15/h4-7,10,15-17H,8-9,11H2,1-3H3. The zero-order valence-corrected chi connectivity index (χ0v) is 11.2. The van der Waals surface area contributed by atoms with E-state index in [1.165, 1.54) is 24.8 Å². The number of aryl methyl sites for hydroxylation is 1. The summed E-state index contributed by atoms with van der Waals surface area (Å²) in [5.74, 6) is 0.741. The minimum absolute atomic E-state index is 0.522. The first-order valence-corrected chi connectivity index (χ1v) is 6.59. The molecule has 0 radical (unpaired) electrons. The summed E-state index contributed by atoms with van der Waals surface area (Å²) in [6.45, 7) is 4.36. The van der Waals surface area contributed by atoms with Crippen molar-refractivity contribution < 1.29 is 0 Å². The van der Waals surface area contributed by atoms with Crippen molar-refractivity contribution in [1.82, 2.24) is 5.32 Å². The lowest BCUT2D eigenvalue weighted by Gasteiger charge is -2.30. The number of fused-ring (bicyclic) bond motifs is 1. The van der Waals surface area contributed by atoms with Gasteiger partial charge in [0.2, 0.25) is 0 Å². The highest BCUT2D eigenvalue weighted by molar-refractivity contribution is 5.30. The average molecular weight is 229 g/mol. The first-order chi connectivity index (χ1) is 8.20. The van der Waals surface area contributed by atoms with Gasteiger partial charge in [0.25, 0.3) is 0 Å². The van der Waals surface area contributed by atoms with E-state index in [4.69, 9.17) is 0 Å². The van der Waals surface area contributed by atoms with Crippen LogP contribution in [0.1, 0.15) is 31.4 Å². The number of nitrogens with one attached hydrogen (secondary N) is 1. The Morgan fingerprint density at radius 2 is 2.00 bits per heavy atom. The fourth-order valence-electron chi connectivity index (χ4n) is 2.85. The average Bonchev–Trinajstić information content (AvgIpc) is 2.35. The molecule has 1 nitrogen and oxygen atoms in total. The molecule has 2 unspecified atom stereocenters. The molecule has 0 saturated heterocycles. The molecule has 92 valence electrons. The molecular weight excluding hydrogens is 206 g/mol. The predicted octanol–water partition coefficient (Wildman–Crippen LogP) is 3.35. The van der Waals surface area contributed by atoms with Crippen molar-refractivity contribution in [1.29, 1.82) is 0 Å². The van der Waals surface area contributed by atoms with Crippen molar-refractivity contribution >= 4 is 0 Å². The second-order valence-electron chi connectivity index (χ2n) is 5.33. The molecule has 0 spiro atoms. The van der Waals surface area contributed by atoms with Crippen molar-refractivity contribution in [3.63, 3.8) is 0 Å². The van der Waals surface area contributed by atoms with Crippen molar-refractivity contribution in [3.8, 4) is 0 Å². The van der Waals surface area contributed by atoms with E-state index in [9.17, 15) is 0 Å². The highest BCUT2D eigenvalue weighted by Crippen LogP contribution is 2.28. The summed E-state index contributed by atoms with van der Waals surface area (Å²) in [5, 5.41) is 3.46. The zero-order chi connectivity index (χ0) is 12.3. The van der Waals surface area contributed by atoms with Crippen molar-refractivity contribution in [2.45, 2.75) is 39.2 Å². The first kappa shape index (κ1) is 12.4. The zero-order valence-electron chi connectivity index (χ0n) is 11.2. The monoisotopic (exact) mass is 229 g/mol. The Hall–Kier alpha value is -1.08. The lowest BCUT2D eigenvalue weighted by molar-refractivity contribution is 0.379. The number of benzene rings is 1. The van der Waals surface area contributed by atoms with Crippen LogP contribution in [-0.4, -0.2) is 13.1 Å². The molecule has 1 heteroatoms. The summed E-state index contributed by atoms with van der Waals surface area (Å²) in [4.78, 5) is 0. The van der Waals surface area contributed by atoms with Gasteiger partial charge in [-0.2, -0.15) is 0 Å². The van der Waals surface area contributed by atoms with Crippen LogP contribution in [0, 0.1) is 5.92 Å². The smallest absolute Gasteiger partial charge is 0.0281 e. The Bertz CT molecular complexity index is 402. The Labute approximate surface area is 105 Å². The molecular formula is C16H23N. The third-order valence-corrected chi connectivity index (χ3v) is 3.74. The van der Waals surface area contributed by atoms with E-state index in [1.807, 2.05) is 0 Å². The Morgan fingerprint density at radius 1 is 1.29 bits per heavy atom. The van der Waals surface area contributed by atoms with E-state index in [1.54, 1.807) is 11.1 Å². The topological polar surface area (TPSA) is 12.0 Å². The van der Waals surface area contributed by atoms with Gasteiger partial charge in [-0.25, -0.2) is 0 Å². The second-order valence-corrected chi connectivity index (χ2v) is 5.33. The van der Waals surface area contributed by atoms with Crippen LogP contribution >= 0.6 is 0 Å². The van der Waals surface area contributed by atoms with E-state index in [-0.39, 0.29) is 0 Å². The summed E-state index contributed by atoms with van der Waals surface area (Å²) < 4.78 is 0. The molecule has 1 N–H and O–H groups in total. The first-order valence-electron chi connectivity index (χ1n) is 6.59. The molecule has 0 bridgehead atoms. The molecule has 0 amide bonds. The largest absolute Gasteiger partial charge is 0.313 e. The molecule has 0 aromatic heterocycles. The van der Waals surface area contributed by atoms with Crippen LogP contribution in [0.4, 0.5) is 0 Å². The third kappa shape index (κ3) is 2.98. The van der Waals surface area contributed by atoms with Gasteiger partial charge in [0.15, 0.2) is 0 Å². The third-order valence-electron chi connectivity index (χ3n) is 3.74. The van der Waals surface area contributed by atoms with Crippen LogP contribution in [-0.2, 0) is 12.8 Å². The maximum atomic E-state index is 3.46. The minimum Gasteiger partial charge on any atom is -0.313 e. The van der Waals surface area contributed by atoms with E-state index < -0.39 is 0 Å². The lowest BCUT2D eigenvalue weighted by Crippen LogP contribution is -2.35. The number of likely N-dealkylation sites (N-methyl/N-ethyl adjacent to an activating group) is 1. The molecule has 2 rings (SSSR count). The quantitative estimate of drug-likeness (QED) is 0.784. The van der Waals surface area contributed by atoms with Crippen LogP contribution < -0.4 is 5.32 Å².